The van der Waals surface area contributed by atoms with Crippen molar-refractivity contribution in [2.45, 2.75) is 6.54 Å². The summed E-state index contributed by atoms with van der Waals surface area (Å²) in [6.07, 6.45) is 1.83. The van der Waals surface area contributed by atoms with Gasteiger partial charge < -0.3 is 0 Å². The minimum absolute atomic E-state index is 0.138. The molecule has 5 heteroatoms. The predicted molar refractivity (Wildman–Crippen MR) is 60.4 cm³/mol. The van der Waals surface area contributed by atoms with Crippen LogP contribution in [-0.4, -0.2) is 9.78 Å². The molecule has 0 fully saturated rings. The van der Waals surface area contributed by atoms with Crippen LogP contribution in [-0.2, 0) is 6.54 Å². The van der Waals surface area contributed by atoms with Gasteiger partial charge in [-0.05, 0) is 39.7 Å². The number of nitrogens with zero attached hydrogens (tertiary/aromatic N) is 2. The molecule has 2 rings (SSSR count). The Morgan fingerprint density at radius 2 is 2.20 bits per heavy atom. The minimum atomic E-state index is -0.401. The molecule has 1 aromatic carbocycles. The van der Waals surface area contributed by atoms with E-state index >= 15 is 0 Å². The highest BCUT2D eigenvalue weighted by Gasteiger charge is 2.02. The van der Waals surface area contributed by atoms with Crippen molar-refractivity contribution in [1.29, 1.82) is 0 Å². The summed E-state index contributed by atoms with van der Waals surface area (Å²) in [6, 6.07) is 6.49. The Balaban J connectivity index is 2.21. The zero-order valence-electron chi connectivity index (χ0n) is 7.62. The second-order valence-electron chi connectivity index (χ2n) is 3.08. The third kappa shape index (κ3) is 2.58. The third-order valence-corrected chi connectivity index (χ3v) is 2.65. The summed E-state index contributed by atoms with van der Waals surface area (Å²) >= 11 is 8.92. The normalized spacial score (nSPS) is 10.6. The lowest BCUT2D eigenvalue weighted by Gasteiger charge is -2.02. The van der Waals surface area contributed by atoms with E-state index in [2.05, 4.69) is 21.0 Å². The minimum Gasteiger partial charge on any atom is -0.267 e. The van der Waals surface area contributed by atoms with Crippen molar-refractivity contribution >= 4 is 27.5 Å². The summed E-state index contributed by atoms with van der Waals surface area (Å²) < 4.78 is 15.4. The van der Waals surface area contributed by atoms with E-state index in [1.807, 2.05) is 12.3 Å². The molecule has 0 unspecified atom stereocenters. The van der Waals surface area contributed by atoms with Crippen LogP contribution in [0.4, 0.5) is 4.39 Å². The van der Waals surface area contributed by atoms with Crippen LogP contribution in [0.15, 0.2) is 35.1 Å². The molecule has 0 atom stereocenters. The first kappa shape index (κ1) is 10.6. The van der Waals surface area contributed by atoms with Gasteiger partial charge in [0.25, 0.3) is 0 Å². The van der Waals surface area contributed by atoms with Gasteiger partial charge in [-0.3, -0.25) is 4.68 Å². The zero-order chi connectivity index (χ0) is 10.8. The lowest BCUT2D eigenvalue weighted by molar-refractivity contribution is 0.624. The van der Waals surface area contributed by atoms with Gasteiger partial charge in [0.2, 0.25) is 0 Å². The number of rotatable bonds is 2. The molecule has 2 aromatic rings. The third-order valence-electron chi connectivity index (χ3n) is 1.94. The van der Waals surface area contributed by atoms with Crippen LogP contribution in [0.1, 0.15) is 5.56 Å². The molecule has 0 amide bonds. The van der Waals surface area contributed by atoms with Gasteiger partial charge in [0.15, 0.2) is 0 Å². The van der Waals surface area contributed by atoms with Crippen LogP contribution in [0.25, 0.3) is 0 Å². The van der Waals surface area contributed by atoms with Crippen LogP contribution in [0.3, 0.4) is 0 Å². The Morgan fingerprint density at radius 1 is 1.40 bits per heavy atom. The van der Waals surface area contributed by atoms with Crippen molar-refractivity contribution in [3.63, 3.8) is 0 Å². The van der Waals surface area contributed by atoms with E-state index in [-0.39, 0.29) is 5.02 Å². The van der Waals surface area contributed by atoms with E-state index in [0.29, 0.717) is 6.54 Å². The molecule has 0 saturated carbocycles. The average molecular weight is 290 g/mol. The van der Waals surface area contributed by atoms with E-state index < -0.39 is 5.82 Å². The Kier molecular flexibility index (Phi) is 3.07. The first-order valence-electron chi connectivity index (χ1n) is 4.28. The summed E-state index contributed by atoms with van der Waals surface area (Å²) in [6.45, 7) is 0.575. The summed E-state index contributed by atoms with van der Waals surface area (Å²) in [5, 5.41) is 4.29. The fraction of sp³-hybridized carbons (Fsp3) is 0.100. The molecule has 0 radical (unpaired) electrons. The molecule has 0 aliphatic heterocycles. The number of benzene rings is 1. The molecule has 15 heavy (non-hydrogen) atoms. The van der Waals surface area contributed by atoms with Crippen LogP contribution >= 0.6 is 27.5 Å². The van der Waals surface area contributed by atoms with Crippen LogP contribution < -0.4 is 0 Å². The van der Waals surface area contributed by atoms with Crippen molar-refractivity contribution in [1.82, 2.24) is 9.78 Å². The SMILES string of the molecule is Fc1ccc(Cn2ccc(Br)n2)cc1Cl. The van der Waals surface area contributed by atoms with Crippen molar-refractivity contribution in [3.05, 3.63) is 51.5 Å². The summed E-state index contributed by atoms with van der Waals surface area (Å²) in [5.41, 5.74) is 0.914. The van der Waals surface area contributed by atoms with Gasteiger partial charge in [0.1, 0.15) is 10.4 Å². The van der Waals surface area contributed by atoms with Gasteiger partial charge in [0, 0.05) is 6.20 Å². The van der Waals surface area contributed by atoms with E-state index in [4.69, 9.17) is 11.6 Å². The summed E-state index contributed by atoms with van der Waals surface area (Å²) in [7, 11) is 0. The van der Waals surface area contributed by atoms with Gasteiger partial charge in [0.05, 0.1) is 11.6 Å². The lowest BCUT2D eigenvalue weighted by atomic mass is 10.2. The molecule has 0 bridgehead atoms. The topological polar surface area (TPSA) is 17.8 Å². The fourth-order valence-corrected chi connectivity index (χ4v) is 1.78. The highest BCUT2D eigenvalue weighted by molar-refractivity contribution is 9.10. The standard InChI is InChI=1S/C10H7BrClFN2/c11-10-3-4-15(14-10)6-7-1-2-9(13)8(12)5-7/h1-5H,6H2. The van der Waals surface area contributed by atoms with Crippen LogP contribution in [0, 0.1) is 5.82 Å². The van der Waals surface area contributed by atoms with Gasteiger partial charge >= 0.3 is 0 Å². The van der Waals surface area contributed by atoms with E-state index in [0.717, 1.165) is 10.2 Å². The van der Waals surface area contributed by atoms with Crippen LogP contribution in [0.5, 0.6) is 0 Å². The van der Waals surface area contributed by atoms with Gasteiger partial charge in [-0.15, -0.1) is 0 Å². The zero-order valence-corrected chi connectivity index (χ0v) is 9.96. The Hall–Kier alpha value is -0.870. The maximum atomic E-state index is 12.9. The quantitative estimate of drug-likeness (QED) is 0.827. The number of hydrogen-bond acceptors (Lipinski definition) is 1. The molecule has 78 valence electrons. The van der Waals surface area contributed by atoms with Crippen molar-refractivity contribution in [2.24, 2.45) is 0 Å². The number of aromatic nitrogens is 2. The number of halogens is 3. The van der Waals surface area contributed by atoms with Crippen molar-refractivity contribution in [3.8, 4) is 0 Å². The van der Waals surface area contributed by atoms with Gasteiger partial charge in [-0.25, -0.2) is 4.39 Å². The van der Waals surface area contributed by atoms with Gasteiger partial charge in [-0.1, -0.05) is 17.7 Å². The number of hydrogen-bond donors (Lipinski definition) is 0. The fourth-order valence-electron chi connectivity index (χ4n) is 1.25. The summed E-state index contributed by atoms with van der Waals surface area (Å²) in [4.78, 5) is 0. The molecular formula is C10H7BrClFN2. The van der Waals surface area contributed by atoms with Crippen molar-refractivity contribution < 1.29 is 4.39 Å². The van der Waals surface area contributed by atoms with Crippen LogP contribution in [0.2, 0.25) is 5.02 Å². The second-order valence-corrected chi connectivity index (χ2v) is 4.30. The van der Waals surface area contributed by atoms with Gasteiger partial charge in [-0.2, -0.15) is 5.10 Å². The molecule has 0 saturated heterocycles. The first-order chi connectivity index (χ1) is 7.15. The Morgan fingerprint density at radius 3 is 2.80 bits per heavy atom. The molecule has 0 aliphatic carbocycles. The predicted octanol–water partition coefficient (Wildman–Crippen LogP) is 3.49. The molecular weight excluding hydrogens is 282 g/mol. The second kappa shape index (κ2) is 4.33. The molecule has 0 N–H and O–H groups in total. The maximum Gasteiger partial charge on any atom is 0.141 e. The van der Waals surface area contributed by atoms with E-state index in [1.165, 1.54) is 6.07 Å². The highest BCUT2D eigenvalue weighted by atomic mass is 79.9. The van der Waals surface area contributed by atoms with E-state index in [9.17, 15) is 4.39 Å². The lowest BCUT2D eigenvalue weighted by Crippen LogP contribution is -2.00. The van der Waals surface area contributed by atoms with E-state index in [1.54, 1.807) is 16.8 Å². The average Bonchev–Trinajstić information content (AvgIpc) is 2.58. The molecule has 2 nitrogen and oxygen atoms in total. The monoisotopic (exact) mass is 288 g/mol. The highest BCUT2D eigenvalue weighted by Crippen LogP contribution is 2.17. The molecule has 0 spiro atoms. The van der Waals surface area contributed by atoms with Crippen molar-refractivity contribution in [2.75, 3.05) is 0 Å². The first-order valence-corrected chi connectivity index (χ1v) is 5.45. The maximum absolute atomic E-state index is 12.9. The largest absolute Gasteiger partial charge is 0.267 e. The Bertz CT molecular complexity index is 484. The molecule has 1 aromatic heterocycles. The summed E-state index contributed by atoms with van der Waals surface area (Å²) in [5.74, 6) is -0.401. The Labute approximate surface area is 99.8 Å². The smallest absolute Gasteiger partial charge is 0.141 e. The molecule has 1 heterocycles. The molecule has 0 aliphatic rings.